The maximum absolute atomic E-state index is 5.29. The Morgan fingerprint density at radius 1 is 1.19 bits per heavy atom. The first-order chi connectivity index (χ1) is 10.2. The number of halogens is 1. The van der Waals surface area contributed by atoms with Crippen LogP contribution in [-0.4, -0.2) is 20.7 Å². The number of nitrogens with one attached hydrogen (secondary N) is 1. The average Bonchev–Trinajstić information content (AvgIpc) is 2.52. The van der Waals surface area contributed by atoms with Gasteiger partial charge in [0.15, 0.2) is 0 Å². The van der Waals surface area contributed by atoms with Crippen LogP contribution in [0.2, 0.25) is 0 Å². The van der Waals surface area contributed by atoms with Gasteiger partial charge >= 0.3 is 0 Å². The number of rotatable bonds is 6. The fraction of sp³-hybridized carbons (Fsp3) is 0.294. The van der Waals surface area contributed by atoms with Gasteiger partial charge in [-0.25, -0.2) is 0 Å². The summed E-state index contributed by atoms with van der Waals surface area (Å²) in [7, 11) is 3.74. The molecule has 1 N–H and O–H groups in total. The molecule has 0 saturated carbocycles. The minimum Gasteiger partial charge on any atom is -0.497 e. The van der Waals surface area contributed by atoms with Gasteiger partial charge in [0, 0.05) is 29.8 Å². The van der Waals surface area contributed by atoms with E-state index in [0.29, 0.717) is 0 Å². The summed E-state index contributed by atoms with van der Waals surface area (Å²) in [4.78, 5) is 2.14. The lowest BCUT2D eigenvalue weighted by molar-refractivity contribution is 0.415. The van der Waals surface area contributed by atoms with Crippen LogP contribution in [0.4, 0.5) is 11.4 Å². The predicted octanol–water partition coefficient (Wildman–Crippen LogP) is 4.34. The van der Waals surface area contributed by atoms with Gasteiger partial charge in [-0.1, -0.05) is 19.1 Å². The molecule has 0 aliphatic rings. The Labute approximate surface area is 135 Å². The Balaban J connectivity index is 2.24. The topological polar surface area (TPSA) is 24.5 Å². The zero-order valence-electron chi connectivity index (χ0n) is 12.7. The first-order valence-electron chi connectivity index (χ1n) is 7.02. The highest BCUT2D eigenvalue weighted by atomic mass is 79.9. The minimum atomic E-state index is 0.860. The second-order valence-electron chi connectivity index (χ2n) is 4.83. The van der Waals surface area contributed by atoms with Crippen molar-refractivity contribution in [2.24, 2.45) is 0 Å². The lowest BCUT2D eigenvalue weighted by atomic mass is 10.2. The SMILES string of the molecule is CCNCc1ccc(N(C)c2cccc(OC)c2)c(Br)c1. The summed E-state index contributed by atoms with van der Waals surface area (Å²) in [6.07, 6.45) is 0. The second kappa shape index (κ2) is 7.48. The minimum absolute atomic E-state index is 0.860. The molecule has 0 fully saturated rings. The van der Waals surface area contributed by atoms with E-state index >= 15 is 0 Å². The summed E-state index contributed by atoms with van der Waals surface area (Å²) in [5, 5.41) is 3.34. The van der Waals surface area contributed by atoms with E-state index < -0.39 is 0 Å². The molecule has 0 saturated heterocycles. The van der Waals surface area contributed by atoms with Crippen molar-refractivity contribution in [3.63, 3.8) is 0 Å². The summed E-state index contributed by atoms with van der Waals surface area (Å²) in [5.74, 6) is 0.860. The monoisotopic (exact) mass is 348 g/mol. The zero-order chi connectivity index (χ0) is 15.2. The van der Waals surface area contributed by atoms with E-state index in [-0.39, 0.29) is 0 Å². The molecule has 0 atom stereocenters. The van der Waals surface area contributed by atoms with Crippen molar-refractivity contribution in [2.45, 2.75) is 13.5 Å². The third-order valence-electron chi connectivity index (χ3n) is 3.39. The largest absolute Gasteiger partial charge is 0.497 e. The number of anilines is 2. The van der Waals surface area contributed by atoms with E-state index in [4.69, 9.17) is 4.74 Å². The van der Waals surface area contributed by atoms with E-state index in [9.17, 15) is 0 Å². The highest BCUT2D eigenvalue weighted by molar-refractivity contribution is 9.10. The van der Waals surface area contributed by atoms with Crippen LogP contribution < -0.4 is 15.0 Å². The van der Waals surface area contributed by atoms with Crippen molar-refractivity contribution in [1.29, 1.82) is 0 Å². The molecule has 2 rings (SSSR count). The summed E-state index contributed by atoms with van der Waals surface area (Å²) < 4.78 is 6.37. The smallest absolute Gasteiger partial charge is 0.120 e. The standard InChI is InChI=1S/C17H21BrN2O/c1-4-19-12-13-8-9-17(16(18)10-13)20(2)14-6-5-7-15(11-14)21-3/h5-11,19H,4,12H2,1-3H3. The van der Waals surface area contributed by atoms with Gasteiger partial charge in [0.25, 0.3) is 0 Å². The average molecular weight is 349 g/mol. The Morgan fingerprint density at radius 2 is 2.00 bits per heavy atom. The van der Waals surface area contributed by atoms with Crippen molar-refractivity contribution in [1.82, 2.24) is 5.32 Å². The van der Waals surface area contributed by atoms with Gasteiger partial charge in [-0.2, -0.15) is 0 Å². The summed E-state index contributed by atoms with van der Waals surface area (Å²) in [6, 6.07) is 14.5. The van der Waals surface area contributed by atoms with Crippen molar-refractivity contribution >= 4 is 27.3 Å². The van der Waals surface area contributed by atoms with Crippen LogP contribution in [0.3, 0.4) is 0 Å². The second-order valence-corrected chi connectivity index (χ2v) is 5.68. The number of nitrogens with zero attached hydrogens (tertiary/aromatic N) is 1. The Kier molecular flexibility index (Phi) is 5.65. The number of ether oxygens (including phenoxy) is 1. The van der Waals surface area contributed by atoms with Gasteiger partial charge in [0.05, 0.1) is 12.8 Å². The Bertz CT molecular complexity index is 601. The molecular formula is C17H21BrN2O. The molecule has 0 aliphatic carbocycles. The van der Waals surface area contributed by atoms with E-state index in [1.54, 1.807) is 7.11 Å². The quantitative estimate of drug-likeness (QED) is 0.840. The molecule has 0 bridgehead atoms. The molecule has 112 valence electrons. The Hall–Kier alpha value is -1.52. The number of benzene rings is 2. The third kappa shape index (κ3) is 3.99. The van der Waals surface area contributed by atoms with Gasteiger partial charge in [-0.05, 0) is 52.3 Å². The van der Waals surface area contributed by atoms with Crippen LogP contribution in [0.15, 0.2) is 46.9 Å². The molecule has 2 aromatic carbocycles. The van der Waals surface area contributed by atoms with Crippen LogP contribution in [0.1, 0.15) is 12.5 Å². The van der Waals surface area contributed by atoms with Crippen LogP contribution in [0.5, 0.6) is 5.75 Å². The molecule has 4 heteroatoms. The molecule has 21 heavy (non-hydrogen) atoms. The maximum Gasteiger partial charge on any atom is 0.120 e. The summed E-state index contributed by atoms with van der Waals surface area (Å²) in [6.45, 7) is 3.97. The van der Waals surface area contributed by atoms with Gasteiger partial charge in [0.1, 0.15) is 5.75 Å². The molecule has 0 unspecified atom stereocenters. The van der Waals surface area contributed by atoms with Crippen LogP contribution >= 0.6 is 15.9 Å². The number of hydrogen-bond donors (Lipinski definition) is 1. The van der Waals surface area contributed by atoms with Gasteiger partial charge in [0.2, 0.25) is 0 Å². The molecule has 0 aromatic heterocycles. The first kappa shape index (κ1) is 15.9. The van der Waals surface area contributed by atoms with Crippen molar-refractivity contribution < 1.29 is 4.74 Å². The number of methoxy groups -OCH3 is 1. The molecule has 0 spiro atoms. The predicted molar refractivity (Wildman–Crippen MR) is 92.6 cm³/mol. The highest BCUT2D eigenvalue weighted by Gasteiger charge is 2.09. The first-order valence-corrected chi connectivity index (χ1v) is 7.82. The molecule has 0 amide bonds. The number of hydrogen-bond acceptors (Lipinski definition) is 3. The lowest BCUT2D eigenvalue weighted by Gasteiger charge is -2.22. The van der Waals surface area contributed by atoms with E-state index in [2.05, 4.69) is 64.4 Å². The van der Waals surface area contributed by atoms with Gasteiger partial charge in [-0.15, -0.1) is 0 Å². The van der Waals surface area contributed by atoms with E-state index in [1.807, 2.05) is 18.2 Å². The third-order valence-corrected chi connectivity index (χ3v) is 4.03. The van der Waals surface area contributed by atoms with Crippen LogP contribution in [-0.2, 0) is 6.54 Å². The van der Waals surface area contributed by atoms with Gasteiger partial charge in [-0.3, -0.25) is 0 Å². The fourth-order valence-corrected chi connectivity index (χ4v) is 2.85. The van der Waals surface area contributed by atoms with E-state index in [1.165, 1.54) is 5.56 Å². The van der Waals surface area contributed by atoms with Crippen LogP contribution in [0.25, 0.3) is 0 Å². The molecule has 0 aliphatic heterocycles. The zero-order valence-corrected chi connectivity index (χ0v) is 14.3. The Morgan fingerprint density at radius 3 is 2.67 bits per heavy atom. The molecule has 2 aromatic rings. The summed E-state index contributed by atoms with van der Waals surface area (Å²) >= 11 is 3.67. The van der Waals surface area contributed by atoms with Crippen LogP contribution in [0, 0.1) is 0 Å². The molecule has 0 radical (unpaired) electrons. The normalized spacial score (nSPS) is 10.5. The van der Waals surface area contributed by atoms with Gasteiger partial charge < -0.3 is 15.0 Å². The molecular weight excluding hydrogens is 328 g/mol. The van der Waals surface area contributed by atoms with Crippen molar-refractivity contribution in [2.75, 3.05) is 25.6 Å². The van der Waals surface area contributed by atoms with Crippen molar-refractivity contribution in [3.8, 4) is 5.75 Å². The summed E-state index contributed by atoms with van der Waals surface area (Å²) in [5.41, 5.74) is 3.49. The van der Waals surface area contributed by atoms with Crippen molar-refractivity contribution in [3.05, 3.63) is 52.5 Å². The fourth-order valence-electron chi connectivity index (χ4n) is 2.16. The van der Waals surface area contributed by atoms with E-state index in [0.717, 1.165) is 34.7 Å². The lowest BCUT2D eigenvalue weighted by Crippen LogP contribution is -2.13. The highest BCUT2D eigenvalue weighted by Crippen LogP contribution is 2.32. The molecule has 3 nitrogen and oxygen atoms in total. The molecule has 0 heterocycles. The maximum atomic E-state index is 5.29.